The van der Waals surface area contributed by atoms with Crippen molar-refractivity contribution in [2.24, 2.45) is 21.7 Å². The fraction of sp³-hybridized carbons (Fsp3) is 0.742. The number of unbranched alkanes of at least 4 members (excludes halogenated alkanes) is 12. The maximum Gasteiger partial charge on any atom is 0.508 e. The standard InChI is InChI=1S/C93H156N8O35/c1-11-75(103)119-55-32-20-36-59-123-79(107)94-47-24-28-51-98-83(111)133-70-90(15-5,16-6)40-64-127-87(115)128-66-43-92(18-8,72-135-85(113)100-53-30-26-49-96-81(109)125-61-38-22-34-57-121-77(105)13-3)44-68-131-89(117)132-69-46-93(19-9,73-136-86(114)101-54-31-27-50-97-82(110)126-62-39-23-35-58-122-78(106)14-4)45-67-130-88(116)129-65-42-91(17-7,41-63-118-74(10)102)71-134-84(112)99-52-29-25-48-95-80(108)124-60-37-21-33-56-120-76(104)12-2/h11-14H,1-4,15-73H2,5-10H3,(H,94,107)(H,95,108)(H,96,109)(H,97,110)(H,98,111)(H,99,112)(H,100,113)(H,101,114). The summed E-state index contributed by atoms with van der Waals surface area (Å²) < 4.78 is 102. The monoisotopic (exact) mass is 1950 g/mol. The number of alkyl carbamates (subject to hydrolysis) is 8. The van der Waals surface area contributed by atoms with Gasteiger partial charge in [-0.15, -0.1) is 0 Å². The first-order valence-electron chi connectivity index (χ1n) is 47.4. The number of rotatable bonds is 82. The number of ether oxygens (including phenoxy) is 19. The van der Waals surface area contributed by atoms with E-state index in [-0.39, 0.29) is 216 Å². The predicted molar refractivity (Wildman–Crippen MR) is 494 cm³/mol. The summed E-state index contributed by atoms with van der Waals surface area (Å²) in [7, 11) is 0. The van der Waals surface area contributed by atoms with Gasteiger partial charge in [0.2, 0.25) is 0 Å². The molecule has 778 valence electrons. The molecular formula is C93H156N8O35. The molecule has 0 radical (unpaired) electrons. The molecule has 0 fully saturated rings. The van der Waals surface area contributed by atoms with E-state index in [9.17, 15) is 76.7 Å². The number of nitrogens with one attached hydrogen (secondary N) is 8. The molecule has 0 aliphatic carbocycles. The van der Waals surface area contributed by atoms with Crippen LogP contribution in [0.15, 0.2) is 50.6 Å². The second-order valence-electron chi connectivity index (χ2n) is 32.0. The van der Waals surface area contributed by atoms with Crippen LogP contribution in [0.3, 0.4) is 0 Å². The van der Waals surface area contributed by atoms with E-state index in [0.29, 0.717) is 167 Å². The summed E-state index contributed by atoms with van der Waals surface area (Å²) in [4.78, 5) is 198. The summed E-state index contributed by atoms with van der Waals surface area (Å²) in [6.45, 7) is 25.5. The van der Waals surface area contributed by atoms with Crippen LogP contribution in [0.1, 0.15) is 247 Å². The van der Waals surface area contributed by atoms with E-state index < -0.39 is 119 Å². The fourth-order valence-corrected chi connectivity index (χ4v) is 12.6. The van der Waals surface area contributed by atoms with Crippen LogP contribution >= 0.6 is 0 Å². The quantitative estimate of drug-likeness (QED) is 0.0121. The zero-order valence-corrected chi connectivity index (χ0v) is 81.1. The van der Waals surface area contributed by atoms with Crippen molar-refractivity contribution in [2.75, 3.05) is 178 Å². The number of hydrogen-bond donors (Lipinski definition) is 8. The highest BCUT2D eigenvalue weighted by atomic mass is 16.7. The van der Waals surface area contributed by atoms with Crippen LogP contribution < -0.4 is 42.5 Å². The van der Waals surface area contributed by atoms with E-state index in [2.05, 4.69) is 68.9 Å². The van der Waals surface area contributed by atoms with Crippen LogP contribution in [0.25, 0.3) is 0 Å². The van der Waals surface area contributed by atoms with E-state index in [1.54, 1.807) is 6.92 Å². The van der Waals surface area contributed by atoms with Gasteiger partial charge in [-0.3, -0.25) is 4.79 Å². The SMILES string of the molecule is C=CC(=O)OCCCCCOC(=O)NCCCCNC(=O)OCC(CC)(CC)CCOC(=O)OCCC(CC)(CCOC(=O)OCCC(CC)(CCOC(=O)OCCC(CC)(CCOC(C)=O)COC(=O)NCCCCNC(=O)OCCCCCOC(=O)C=C)COC(=O)NCCCCNC(=O)OCCCCCOC(=O)C=C)COC(=O)NCCCCNC(=O)OCCCCCOC(=O)C=C. The van der Waals surface area contributed by atoms with E-state index in [1.807, 2.05) is 27.7 Å². The number of hydrogen-bond acceptors (Lipinski definition) is 35. The summed E-state index contributed by atoms with van der Waals surface area (Å²) in [5.74, 6) is -2.56. The lowest BCUT2D eigenvalue weighted by Crippen LogP contribution is -2.35. The highest BCUT2D eigenvalue weighted by molar-refractivity contribution is 5.82. The first-order valence-corrected chi connectivity index (χ1v) is 47.4. The van der Waals surface area contributed by atoms with Crippen molar-refractivity contribution in [1.29, 1.82) is 0 Å². The zero-order valence-electron chi connectivity index (χ0n) is 81.1. The molecule has 0 saturated carbocycles. The third-order valence-corrected chi connectivity index (χ3v) is 22.1. The van der Waals surface area contributed by atoms with Crippen molar-refractivity contribution in [3.8, 4) is 0 Å². The van der Waals surface area contributed by atoms with E-state index in [1.165, 1.54) is 6.92 Å². The molecule has 43 heteroatoms. The molecule has 3 unspecified atom stereocenters. The molecule has 136 heavy (non-hydrogen) atoms. The van der Waals surface area contributed by atoms with Gasteiger partial charge >= 0.3 is 97.1 Å². The minimum Gasteiger partial charge on any atom is -0.466 e. The van der Waals surface area contributed by atoms with Gasteiger partial charge in [0.15, 0.2) is 0 Å². The van der Waals surface area contributed by atoms with Gasteiger partial charge in [-0.2, -0.15) is 0 Å². The molecule has 0 spiro atoms. The third kappa shape index (κ3) is 70.0. The molecule has 43 nitrogen and oxygen atoms in total. The smallest absolute Gasteiger partial charge is 0.466 e. The Morgan fingerprint density at radius 3 is 0.537 bits per heavy atom. The molecule has 0 aliphatic rings. The molecule has 0 aromatic rings. The Kier molecular flexibility index (Phi) is 74.6. The molecular weight excluding hydrogens is 1790 g/mol. The molecule has 8 N–H and O–H groups in total. The van der Waals surface area contributed by atoms with Crippen molar-refractivity contribution in [2.45, 2.75) is 247 Å². The summed E-state index contributed by atoms with van der Waals surface area (Å²) in [5, 5.41) is 21.4. The molecule has 0 aromatic heterocycles. The average molecular weight is 1950 g/mol. The molecule has 3 atom stereocenters. The van der Waals surface area contributed by atoms with Crippen LogP contribution in [-0.2, 0) is 114 Å². The Labute approximate surface area is 800 Å². The minimum atomic E-state index is -1.09. The number of carbonyl (C=O) groups is 16. The summed E-state index contributed by atoms with van der Waals surface area (Å²) in [6.07, 6.45) is 10.2. The molecule has 0 heterocycles. The van der Waals surface area contributed by atoms with Gasteiger partial charge in [0.05, 0.1) is 126 Å². The predicted octanol–water partition coefficient (Wildman–Crippen LogP) is 14.3. The number of carbonyl (C=O) groups excluding carboxylic acids is 16. The van der Waals surface area contributed by atoms with Gasteiger partial charge < -0.3 is 133 Å². The number of esters is 5. The van der Waals surface area contributed by atoms with Crippen molar-refractivity contribution in [1.82, 2.24) is 42.5 Å². The van der Waals surface area contributed by atoms with E-state index in [0.717, 1.165) is 24.3 Å². The van der Waals surface area contributed by atoms with Gasteiger partial charge in [-0.25, -0.2) is 71.9 Å². The first-order chi connectivity index (χ1) is 65.5. The Morgan fingerprint density at radius 1 is 0.199 bits per heavy atom. The maximum absolute atomic E-state index is 13.6. The van der Waals surface area contributed by atoms with Gasteiger partial charge in [0, 0.05) is 105 Å². The third-order valence-electron chi connectivity index (χ3n) is 22.1. The Morgan fingerprint density at radius 2 is 0.360 bits per heavy atom. The van der Waals surface area contributed by atoms with E-state index in [4.69, 9.17) is 90.0 Å². The van der Waals surface area contributed by atoms with Crippen LogP contribution in [0.2, 0.25) is 0 Å². The second-order valence-corrected chi connectivity index (χ2v) is 32.0. The Bertz CT molecular complexity index is 3460. The maximum atomic E-state index is 13.6. The summed E-state index contributed by atoms with van der Waals surface area (Å²) >= 11 is 0. The molecule has 0 saturated heterocycles. The van der Waals surface area contributed by atoms with Gasteiger partial charge in [-0.05, 0) is 205 Å². The zero-order chi connectivity index (χ0) is 101. The van der Waals surface area contributed by atoms with Gasteiger partial charge in [0.1, 0.15) is 0 Å². The topological polar surface area (TPSA) is 545 Å². The van der Waals surface area contributed by atoms with Crippen molar-refractivity contribution >= 4 is 97.1 Å². The normalized spacial score (nSPS) is 12.0. The molecule has 0 aliphatic heterocycles. The van der Waals surface area contributed by atoms with Gasteiger partial charge in [-0.1, -0.05) is 60.9 Å². The molecule has 0 aromatic carbocycles. The molecule has 0 bridgehead atoms. The molecule has 8 amide bonds. The number of amides is 8. The summed E-state index contributed by atoms with van der Waals surface area (Å²) in [6, 6.07) is 0. The lowest BCUT2D eigenvalue weighted by Gasteiger charge is -2.32. The molecule has 0 rings (SSSR count). The van der Waals surface area contributed by atoms with Crippen molar-refractivity contribution in [3.05, 3.63) is 50.6 Å². The first kappa shape index (κ1) is 124. The lowest BCUT2D eigenvalue weighted by atomic mass is 9.80. The Hall–Kier alpha value is -11.7. The minimum absolute atomic E-state index is 0.0204. The largest absolute Gasteiger partial charge is 0.508 e. The Balaban J connectivity index is 6.23. The average Bonchev–Trinajstić information content (AvgIpc) is 0.940. The van der Waals surface area contributed by atoms with Gasteiger partial charge in [0.25, 0.3) is 0 Å². The van der Waals surface area contributed by atoms with Crippen LogP contribution in [0.4, 0.5) is 52.7 Å². The highest BCUT2D eigenvalue weighted by Gasteiger charge is 2.36. The lowest BCUT2D eigenvalue weighted by molar-refractivity contribution is -0.142. The van der Waals surface area contributed by atoms with Crippen molar-refractivity contribution < 1.29 is 167 Å². The highest BCUT2D eigenvalue weighted by Crippen LogP contribution is 2.36. The second kappa shape index (κ2) is 81.6. The van der Waals surface area contributed by atoms with Crippen molar-refractivity contribution in [3.63, 3.8) is 0 Å². The van der Waals surface area contributed by atoms with E-state index >= 15 is 0 Å². The van der Waals surface area contributed by atoms with Crippen LogP contribution in [-0.4, -0.2) is 275 Å². The summed E-state index contributed by atoms with van der Waals surface area (Å²) in [5.41, 5.74) is -3.40. The fourth-order valence-electron chi connectivity index (χ4n) is 12.6. The van der Waals surface area contributed by atoms with Crippen LogP contribution in [0, 0.1) is 21.7 Å². The van der Waals surface area contributed by atoms with Crippen LogP contribution in [0.5, 0.6) is 0 Å².